The third-order valence-electron chi connectivity index (χ3n) is 4.08. The molecule has 144 valence electrons. The maximum absolute atomic E-state index is 12.3. The number of nitrogens with two attached hydrogens (primary N) is 1. The summed E-state index contributed by atoms with van der Waals surface area (Å²) in [5.41, 5.74) is 7.55. The molecule has 0 aliphatic heterocycles. The van der Waals surface area contributed by atoms with Crippen LogP contribution in [-0.4, -0.2) is 21.8 Å². The molecule has 0 atom stereocenters. The van der Waals surface area contributed by atoms with Gasteiger partial charge in [0.25, 0.3) is 5.91 Å². The van der Waals surface area contributed by atoms with Gasteiger partial charge in [-0.3, -0.25) is 14.9 Å². The van der Waals surface area contributed by atoms with E-state index in [1.807, 2.05) is 12.1 Å². The molecule has 0 radical (unpaired) electrons. The number of hydrogen-bond acceptors (Lipinski definition) is 6. The summed E-state index contributed by atoms with van der Waals surface area (Å²) in [6, 6.07) is 17.4. The fraction of sp³-hybridized carbons (Fsp3) is 0.0476. The zero-order valence-electron chi connectivity index (χ0n) is 15.2. The monoisotopic (exact) mass is 388 g/mol. The van der Waals surface area contributed by atoms with E-state index < -0.39 is 5.91 Å². The van der Waals surface area contributed by atoms with Crippen LogP contribution >= 0.6 is 0 Å². The van der Waals surface area contributed by atoms with Gasteiger partial charge in [-0.15, -0.1) is 0 Å². The van der Waals surface area contributed by atoms with Crippen LogP contribution in [0, 0.1) is 0 Å². The number of nitrogens with zero attached hydrogens (tertiary/aromatic N) is 2. The van der Waals surface area contributed by atoms with Crippen molar-refractivity contribution in [2.75, 3.05) is 5.32 Å². The van der Waals surface area contributed by atoms with Crippen LogP contribution in [0.5, 0.6) is 11.6 Å². The Morgan fingerprint density at radius 1 is 1.03 bits per heavy atom. The molecule has 8 heteroatoms. The van der Waals surface area contributed by atoms with Gasteiger partial charge in [-0.2, -0.15) is 4.98 Å². The summed E-state index contributed by atoms with van der Waals surface area (Å²) in [4.78, 5) is 31.9. The Labute approximate surface area is 165 Å². The number of carbonyl (C=O) groups is 2. The van der Waals surface area contributed by atoms with Crippen molar-refractivity contribution < 1.29 is 18.7 Å². The second-order valence-corrected chi connectivity index (χ2v) is 6.18. The summed E-state index contributed by atoms with van der Waals surface area (Å²) in [6.07, 6.45) is 1.64. The average molecular weight is 388 g/mol. The average Bonchev–Trinajstić information content (AvgIpc) is 3.12. The summed E-state index contributed by atoms with van der Waals surface area (Å²) >= 11 is 0. The number of ether oxygens (including phenoxy) is 1. The van der Waals surface area contributed by atoms with Gasteiger partial charge in [0, 0.05) is 6.20 Å². The summed E-state index contributed by atoms with van der Waals surface area (Å²) in [7, 11) is 0. The van der Waals surface area contributed by atoms with Crippen molar-refractivity contribution in [3.05, 3.63) is 78.0 Å². The first kappa shape index (κ1) is 18.2. The number of benzene rings is 2. The van der Waals surface area contributed by atoms with E-state index in [0.717, 1.165) is 5.56 Å². The van der Waals surface area contributed by atoms with Gasteiger partial charge >= 0.3 is 6.01 Å². The third-order valence-corrected chi connectivity index (χ3v) is 4.08. The van der Waals surface area contributed by atoms with E-state index in [9.17, 15) is 9.59 Å². The molecule has 0 saturated heterocycles. The van der Waals surface area contributed by atoms with Crippen LogP contribution in [0.4, 0.5) is 6.01 Å². The van der Waals surface area contributed by atoms with E-state index >= 15 is 0 Å². The summed E-state index contributed by atoms with van der Waals surface area (Å²) in [5, 5.41) is 2.64. The SMILES string of the molecule is NC(=O)c1cccnc1Oc1ccc(CC(=O)Nc2nc3ccccc3o2)cc1. The van der Waals surface area contributed by atoms with Gasteiger partial charge < -0.3 is 14.9 Å². The quantitative estimate of drug-likeness (QED) is 0.523. The lowest BCUT2D eigenvalue weighted by Gasteiger charge is -2.08. The van der Waals surface area contributed by atoms with Crippen molar-refractivity contribution in [1.82, 2.24) is 9.97 Å². The van der Waals surface area contributed by atoms with Gasteiger partial charge in [-0.25, -0.2) is 4.98 Å². The molecule has 8 nitrogen and oxygen atoms in total. The number of hydrogen-bond donors (Lipinski definition) is 2. The Balaban J connectivity index is 1.40. The Bertz CT molecular complexity index is 1150. The van der Waals surface area contributed by atoms with Crippen molar-refractivity contribution in [2.45, 2.75) is 6.42 Å². The van der Waals surface area contributed by atoms with Crippen molar-refractivity contribution in [3.63, 3.8) is 0 Å². The molecule has 0 saturated carbocycles. The first-order chi connectivity index (χ1) is 14.1. The van der Waals surface area contributed by atoms with Gasteiger partial charge in [0.1, 0.15) is 16.8 Å². The van der Waals surface area contributed by atoms with Gasteiger partial charge in [0.05, 0.1) is 6.42 Å². The highest BCUT2D eigenvalue weighted by Gasteiger charge is 2.12. The minimum atomic E-state index is -0.624. The molecule has 0 aliphatic rings. The molecular formula is C21H16N4O4. The van der Waals surface area contributed by atoms with Gasteiger partial charge in [-0.05, 0) is 42.0 Å². The number of pyridine rings is 1. The molecule has 2 heterocycles. The Kier molecular flexibility index (Phi) is 4.90. The fourth-order valence-corrected chi connectivity index (χ4v) is 2.72. The lowest BCUT2D eigenvalue weighted by Crippen LogP contribution is -2.14. The first-order valence-electron chi connectivity index (χ1n) is 8.75. The molecule has 0 unspecified atom stereocenters. The van der Waals surface area contributed by atoms with Crippen molar-refractivity contribution in [1.29, 1.82) is 0 Å². The standard InChI is InChI=1S/C21H16N4O4/c22-19(27)15-4-3-11-23-20(15)28-14-9-7-13(8-10-14)12-18(26)25-21-24-16-5-1-2-6-17(16)29-21/h1-11H,12H2,(H2,22,27)(H,24,25,26). The normalized spacial score (nSPS) is 10.6. The van der Waals surface area contributed by atoms with Crippen LogP contribution in [0.2, 0.25) is 0 Å². The summed E-state index contributed by atoms with van der Waals surface area (Å²) in [6.45, 7) is 0. The van der Waals surface area contributed by atoms with Gasteiger partial charge in [0.2, 0.25) is 11.8 Å². The highest BCUT2D eigenvalue weighted by molar-refractivity contribution is 5.95. The number of oxazole rings is 1. The number of fused-ring (bicyclic) bond motifs is 1. The molecule has 0 spiro atoms. The minimum absolute atomic E-state index is 0.126. The summed E-state index contributed by atoms with van der Waals surface area (Å²) < 4.78 is 11.1. The van der Waals surface area contributed by atoms with Gasteiger partial charge in [-0.1, -0.05) is 24.3 Å². The molecule has 2 aromatic heterocycles. The molecule has 3 N–H and O–H groups in total. The topological polar surface area (TPSA) is 120 Å². The number of carbonyl (C=O) groups excluding carboxylic acids is 2. The second-order valence-electron chi connectivity index (χ2n) is 6.18. The van der Waals surface area contributed by atoms with Crippen LogP contribution < -0.4 is 15.8 Å². The van der Waals surface area contributed by atoms with E-state index in [-0.39, 0.29) is 29.8 Å². The van der Waals surface area contributed by atoms with Gasteiger partial charge in [0.15, 0.2) is 5.58 Å². The number of amides is 2. The lowest BCUT2D eigenvalue weighted by atomic mass is 10.1. The molecule has 29 heavy (non-hydrogen) atoms. The largest absolute Gasteiger partial charge is 0.438 e. The van der Waals surface area contributed by atoms with Crippen molar-refractivity contribution >= 4 is 28.9 Å². The van der Waals surface area contributed by atoms with E-state index in [4.69, 9.17) is 14.9 Å². The zero-order chi connectivity index (χ0) is 20.2. The number of primary amides is 1. The molecule has 0 bridgehead atoms. The maximum Gasteiger partial charge on any atom is 0.302 e. The number of aromatic nitrogens is 2. The molecule has 0 aliphatic carbocycles. The highest BCUT2D eigenvalue weighted by atomic mass is 16.5. The number of anilines is 1. The predicted molar refractivity (Wildman–Crippen MR) is 106 cm³/mol. The second kappa shape index (κ2) is 7.81. The van der Waals surface area contributed by atoms with E-state index in [1.54, 1.807) is 42.5 Å². The molecule has 4 aromatic rings. The Morgan fingerprint density at radius 2 is 1.83 bits per heavy atom. The van der Waals surface area contributed by atoms with E-state index in [2.05, 4.69) is 15.3 Å². The zero-order valence-corrected chi connectivity index (χ0v) is 15.2. The molecule has 2 amide bonds. The Hall–Kier alpha value is -4.20. The number of para-hydroxylation sites is 2. The molecule has 0 fully saturated rings. The van der Waals surface area contributed by atoms with Crippen molar-refractivity contribution in [3.8, 4) is 11.6 Å². The van der Waals surface area contributed by atoms with Crippen LogP contribution in [-0.2, 0) is 11.2 Å². The smallest absolute Gasteiger partial charge is 0.302 e. The molecule has 2 aromatic carbocycles. The summed E-state index contributed by atoms with van der Waals surface area (Å²) in [5.74, 6) is -0.290. The fourth-order valence-electron chi connectivity index (χ4n) is 2.72. The predicted octanol–water partition coefficient (Wildman–Crippen LogP) is 3.30. The Morgan fingerprint density at radius 3 is 2.59 bits per heavy atom. The van der Waals surface area contributed by atoms with Crippen LogP contribution in [0.3, 0.4) is 0 Å². The van der Waals surface area contributed by atoms with Crippen LogP contribution in [0.15, 0.2) is 71.3 Å². The number of rotatable bonds is 6. The minimum Gasteiger partial charge on any atom is -0.438 e. The van der Waals surface area contributed by atoms with E-state index in [0.29, 0.717) is 16.8 Å². The molecular weight excluding hydrogens is 372 g/mol. The van der Waals surface area contributed by atoms with Crippen LogP contribution in [0.1, 0.15) is 15.9 Å². The number of nitrogens with one attached hydrogen (secondary N) is 1. The van der Waals surface area contributed by atoms with E-state index in [1.165, 1.54) is 12.3 Å². The van der Waals surface area contributed by atoms with Crippen LogP contribution in [0.25, 0.3) is 11.1 Å². The lowest BCUT2D eigenvalue weighted by molar-refractivity contribution is -0.115. The third kappa shape index (κ3) is 4.22. The van der Waals surface area contributed by atoms with Crippen molar-refractivity contribution in [2.24, 2.45) is 5.73 Å². The molecule has 4 rings (SSSR count). The highest BCUT2D eigenvalue weighted by Crippen LogP contribution is 2.23. The maximum atomic E-state index is 12.3. The first-order valence-corrected chi connectivity index (χ1v) is 8.75.